The predicted octanol–water partition coefficient (Wildman–Crippen LogP) is 5.56. The van der Waals surface area contributed by atoms with Crippen molar-refractivity contribution in [3.8, 4) is 11.5 Å². The molecule has 0 atom stereocenters. The summed E-state index contributed by atoms with van der Waals surface area (Å²) >= 11 is 0. The standard InChI is InChI=1S/C32H34FN3O5S/c1-20(2)17-36-18-27-28(32(36)37)31(41-19-22-8-12-25(40-4)13-9-22)29-26(30(27)35(3)42(5,38)39)15-23(16-34-29)14-21-6-10-24(33)11-7-21/h6-13,15-16,20H,14,17-19H2,1-5H3. The Balaban J connectivity index is 1.70. The van der Waals surface area contributed by atoms with Gasteiger partial charge in [-0.25, -0.2) is 12.8 Å². The van der Waals surface area contributed by atoms with Gasteiger partial charge in [-0.05, 0) is 59.4 Å². The fraction of sp³-hybridized carbons (Fsp3) is 0.312. The number of nitrogens with zero attached hydrogens (tertiary/aromatic N) is 3. The highest BCUT2D eigenvalue weighted by atomic mass is 32.2. The van der Waals surface area contributed by atoms with Crippen LogP contribution in [0.25, 0.3) is 10.9 Å². The molecule has 1 amide bonds. The molecule has 0 unspecified atom stereocenters. The zero-order valence-electron chi connectivity index (χ0n) is 24.3. The number of benzene rings is 3. The molecule has 4 aromatic rings. The summed E-state index contributed by atoms with van der Waals surface area (Å²) in [5.74, 6) is 0.708. The fourth-order valence-electron chi connectivity index (χ4n) is 5.27. The summed E-state index contributed by atoms with van der Waals surface area (Å²) in [5, 5.41) is 0.560. The van der Waals surface area contributed by atoms with Gasteiger partial charge in [0, 0.05) is 37.3 Å². The highest BCUT2D eigenvalue weighted by Crippen LogP contribution is 2.45. The number of carbonyl (C=O) groups is 1. The second kappa shape index (κ2) is 11.6. The molecule has 3 aromatic carbocycles. The van der Waals surface area contributed by atoms with Crippen molar-refractivity contribution in [2.45, 2.75) is 33.4 Å². The molecular formula is C32H34FN3O5S. The first-order valence-corrected chi connectivity index (χ1v) is 15.5. The number of hydrogen-bond donors (Lipinski definition) is 0. The first kappa shape index (κ1) is 29.3. The average molecular weight is 592 g/mol. The minimum atomic E-state index is -3.70. The van der Waals surface area contributed by atoms with Crippen LogP contribution in [0.15, 0.2) is 60.8 Å². The minimum Gasteiger partial charge on any atom is -0.497 e. The minimum absolute atomic E-state index is 0.170. The van der Waals surface area contributed by atoms with Crippen LogP contribution < -0.4 is 13.8 Å². The average Bonchev–Trinajstić information content (AvgIpc) is 3.26. The van der Waals surface area contributed by atoms with E-state index in [1.807, 2.05) is 44.2 Å². The molecule has 1 aromatic heterocycles. The van der Waals surface area contributed by atoms with Crippen molar-refractivity contribution in [1.29, 1.82) is 0 Å². The Morgan fingerprint density at radius 1 is 1.05 bits per heavy atom. The van der Waals surface area contributed by atoms with Crippen LogP contribution in [0.5, 0.6) is 11.5 Å². The van der Waals surface area contributed by atoms with E-state index in [4.69, 9.17) is 14.5 Å². The number of rotatable bonds is 10. The zero-order chi connectivity index (χ0) is 30.2. The van der Waals surface area contributed by atoms with E-state index in [-0.39, 0.29) is 30.8 Å². The van der Waals surface area contributed by atoms with Crippen molar-refractivity contribution in [2.24, 2.45) is 5.92 Å². The Hall–Kier alpha value is -4.18. The van der Waals surface area contributed by atoms with Crippen LogP contribution in [0.4, 0.5) is 10.1 Å². The lowest BCUT2D eigenvalue weighted by atomic mass is 9.98. The van der Waals surface area contributed by atoms with Crippen molar-refractivity contribution < 1.29 is 27.1 Å². The van der Waals surface area contributed by atoms with Crippen LogP contribution in [0.3, 0.4) is 0 Å². The third-order valence-electron chi connectivity index (χ3n) is 7.34. The molecule has 10 heteroatoms. The number of hydrogen-bond acceptors (Lipinski definition) is 6. The molecule has 0 spiro atoms. The molecule has 1 aliphatic rings. The monoisotopic (exact) mass is 591 g/mol. The van der Waals surface area contributed by atoms with Crippen molar-refractivity contribution in [3.63, 3.8) is 0 Å². The maximum atomic E-state index is 13.9. The molecule has 0 bridgehead atoms. The maximum Gasteiger partial charge on any atom is 0.258 e. The van der Waals surface area contributed by atoms with E-state index in [1.165, 1.54) is 23.5 Å². The second-order valence-corrected chi connectivity index (χ2v) is 13.0. The molecule has 5 rings (SSSR count). The van der Waals surface area contributed by atoms with E-state index in [2.05, 4.69) is 0 Å². The van der Waals surface area contributed by atoms with E-state index in [1.54, 1.807) is 30.3 Å². The Bertz CT molecular complexity index is 1740. The summed E-state index contributed by atoms with van der Waals surface area (Å²) in [5.41, 5.74) is 4.29. The Morgan fingerprint density at radius 2 is 1.71 bits per heavy atom. The van der Waals surface area contributed by atoms with Gasteiger partial charge < -0.3 is 14.4 Å². The second-order valence-electron chi connectivity index (χ2n) is 11.0. The van der Waals surface area contributed by atoms with Crippen molar-refractivity contribution in [2.75, 3.05) is 31.3 Å². The normalized spacial score (nSPS) is 13.1. The lowest BCUT2D eigenvalue weighted by molar-refractivity contribution is 0.0756. The van der Waals surface area contributed by atoms with Gasteiger partial charge in [0.15, 0.2) is 5.75 Å². The van der Waals surface area contributed by atoms with E-state index in [9.17, 15) is 17.6 Å². The number of methoxy groups -OCH3 is 1. The SMILES string of the molecule is COc1ccc(COc2c3c(c(N(C)S(C)(=O)=O)c4cc(Cc5ccc(F)cc5)cnc24)CN(CC(C)C)C3=O)cc1. The number of halogens is 1. The number of ether oxygens (including phenoxy) is 2. The van der Waals surface area contributed by atoms with Gasteiger partial charge in [0.05, 0.1) is 24.6 Å². The molecule has 8 nitrogen and oxygen atoms in total. The molecule has 0 N–H and O–H groups in total. The summed E-state index contributed by atoms with van der Waals surface area (Å²) in [6, 6.07) is 15.5. The molecular weight excluding hydrogens is 557 g/mol. The van der Waals surface area contributed by atoms with Gasteiger partial charge in [-0.2, -0.15) is 0 Å². The highest BCUT2D eigenvalue weighted by Gasteiger charge is 2.38. The predicted molar refractivity (Wildman–Crippen MR) is 161 cm³/mol. The van der Waals surface area contributed by atoms with Crippen LogP contribution in [0.2, 0.25) is 0 Å². The quantitative estimate of drug-likeness (QED) is 0.240. The van der Waals surface area contributed by atoms with E-state index in [0.29, 0.717) is 52.2 Å². The van der Waals surface area contributed by atoms with Crippen LogP contribution in [-0.4, -0.2) is 51.2 Å². The number of aromatic nitrogens is 1. The first-order valence-electron chi connectivity index (χ1n) is 13.7. The fourth-order valence-corrected chi connectivity index (χ4v) is 5.81. The van der Waals surface area contributed by atoms with Gasteiger partial charge >= 0.3 is 0 Å². The molecule has 1 aliphatic heterocycles. The summed E-state index contributed by atoms with van der Waals surface area (Å²) in [6.45, 7) is 4.98. The van der Waals surface area contributed by atoms with Crippen molar-refractivity contribution in [3.05, 3.63) is 94.4 Å². The van der Waals surface area contributed by atoms with Crippen LogP contribution in [0, 0.1) is 11.7 Å². The topological polar surface area (TPSA) is 89.0 Å². The molecule has 0 aliphatic carbocycles. The molecule has 42 heavy (non-hydrogen) atoms. The van der Waals surface area contributed by atoms with Crippen LogP contribution in [0.1, 0.15) is 46.5 Å². The first-order chi connectivity index (χ1) is 20.0. The Morgan fingerprint density at radius 3 is 2.33 bits per heavy atom. The van der Waals surface area contributed by atoms with Crippen LogP contribution in [-0.2, 0) is 29.6 Å². The van der Waals surface area contributed by atoms with Gasteiger partial charge in [0.2, 0.25) is 10.0 Å². The smallest absolute Gasteiger partial charge is 0.258 e. The molecule has 0 radical (unpaired) electrons. The highest BCUT2D eigenvalue weighted by molar-refractivity contribution is 7.92. The lowest BCUT2D eigenvalue weighted by Gasteiger charge is -2.24. The largest absolute Gasteiger partial charge is 0.497 e. The third kappa shape index (κ3) is 5.90. The number of anilines is 1. The summed E-state index contributed by atoms with van der Waals surface area (Å²) in [4.78, 5) is 20.3. The van der Waals surface area contributed by atoms with E-state index in [0.717, 1.165) is 22.9 Å². The summed E-state index contributed by atoms with van der Waals surface area (Å²) < 4.78 is 52.2. The molecule has 220 valence electrons. The third-order valence-corrected chi connectivity index (χ3v) is 8.52. The van der Waals surface area contributed by atoms with Crippen molar-refractivity contribution >= 4 is 32.5 Å². The zero-order valence-corrected chi connectivity index (χ0v) is 25.2. The van der Waals surface area contributed by atoms with Gasteiger partial charge in [0.1, 0.15) is 23.7 Å². The summed E-state index contributed by atoms with van der Waals surface area (Å²) in [6.07, 6.45) is 3.29. The lowest BCUT2D eigenvalue weighted by Crippen LogP contribution is -2.28. The van der Waals surface area contributed by atoms with Crippen LogP contribution >= 0.6 is 0 Å². The number of sulfonamides is 1. The number of fused-ring (bicyclic) bond motifs is 2. The van der Waals surface area contributed by atoms with E-state index >= 15 is 0 Å². The van der Waals surface area contributed by atoms with Gasteiger partial charge in [0.25, 0.3) is 5.91 Å². The van der Waals surface area contributed by atoms with E-state index < -0.39 is 10.0 Å². The summed E-state index contributed by atoms with van der Waals surface area (Å²) in [7, 11) is -0.608. The number of carbonyl (C=O) groups excluding carboxylic acids is 1. The maximum absolute atomic E-state index is 13.9. The number of pyridine rings is 1. The van der Waals surface area contributed by atoms with Gasteiger partial charge in [-0.15, -0.1) is 0 Å². The van der Waals surface area contributed by atoms with Gasteiger partial charge in [-0.3, -0.25) is 14.1 Å². The van der Waals surface area contributed by atoms with Crippen molar-refractivity contribution in [1.82, 2.24) is 9.88 Å². The Kier molecular flexibility index (Phi) is 8.10. The van der Waals surface area contributed by atoms with Gasteiger partial charge in [-0.1, -0.05) is 38.1 Å². The number of amides is 1. The molecule has 2 heterocycles. The molecule has 0 saturated carbocycles. The molecule has 0 fully saturated rings. The Labute approximate surface area is 245 Å². The molecule has 0 saturated heterocycles.